The van der Waals surface area contributed by atoms with Crippen molar-refractivity contribution in [3.63, 3.8) is 0 Å². The van der Waals surface area contributed by atoms with Crippen LogP contribution in [0, 0.1) is 5.82 Å². The lowest BCUT2D eigenvalue weighted by Gasteiger charge is -2.42. The number of carboxylic acid groups (broad SMARTS) is 1. The minimum absolute atomic E-state index is 0.0959. The van der Waals surface area contributed by atoms with Crippen molar-refractivity contribution in [2.45, 2.75) is 58.3 Å². The van der Waals surface area contributed by atoms with Crippen LogP contribution in [0.3, 0.4) is 0 Å². The van der Waals surface area contributed by atoms with Gasteiger partial charge in [0.15, 0.2) is 0 Å². The monoisotopic (exact) mass is 369 g/mol. The Kier molecular flexibility index (Phi) is 4.79. The molecule has 27 heavy (non-hydrogen) atoms. The van der Waals surface area contributed by atoms with E-state index in [-0.39, 0.29) is 16.4 Å². The number of nitrogens with zero attached hydrogens (tertiary/aromatic N) is 1. The third kappa shape index (κ3) is 3.45. The highest BCUT2D eigenvalue weighted by atomic mass is 19.1. The molecule has 0 atom stereocenters. The zero-order valence-electron chi connectivity index (χ0n) is 16.8. The van der Waals surface area contributed by atoms with Gasteiger partial charge in [-0.1, -0.05) is 33.8 Å². The highest BCUT2D eigenvalue weighted by Gasteiger charge is 2.37. The maximum atomic E-state index is 14.2. The van der Waals surface area contributed by atoms with E-state index in [1.165, 1.54) is 23.3 Å². The molecule has 144 valence electrons. The largest absolute Gasteiger partial charge is 0.478 e. The van der Waals surface area contributed by atoms with Gasteiger partial charge in [-0.15, -0.1) is 0 Å². The molecule has 0 heterocycles. The fourth-order valence-corrected chi connectivity index (χ4v) is 4.10. The van der Waals surface area contributed by atoms with E-state index in [1.807, 2.05) is 11.8 Å². The Labute approximate surface area is 160 Å². The summed E-state index contributed by atoms with van der Waals surface area (Å²) < 4.78 is 14.2. The number of hydrogen-bond acceptors (Lipinski definition) is 2. The van der Waals surface area contributed by atoms with Crippen molar-refractivity contribution >= 4 is 17.3 Å². The molecule has 0 bridgehead atoms. The topological polar surface area (TPSA) is 40.5 Å². The predicted octanol–water partition coefficient (Wildman–Crippen LogP) is 6.03. The van der Waals surface area contributed by atoms with E-state index in [1.54, 1.807) is 6.07 Å². The number of halogens is 1. The zero-order chi connectivity index (χ0) is 20.0. The summed E-state index contributed by atoms with van der Waals surface area (Å²) in [5.74, 6) is -1.96. The van der Waals surface area contributed by atoms with Gasteiger partial charge in [0.2, 0.25) is 0 Å². The average Bonchev–Trinajstić information content (AvgIpc) is 2.59. The maximum absolute atomic E-state index is 14.2. The first kappa shape index (κ1) is 19.4. The molecular weight excluding hydrogens is 341 g/mol. The van der Waals surface area contributed by atoms with Crippen LogP contribution in [-0.4, -0.2) is 17.6 Å². The second kappa shape index (κ2) is 6.66. The molecule has 0 saturated heterocycles. The van der Waals surface area contributed by atoms with Crippen LogP contribution in [0.2, 0.25) is 0 Å². The molecule has 0 spiro atoms. The fraction of sp³-hybridized carbons (Fsp3) is 0.435. The Bertz CT molecular complexity index is 886. The second-order valence-electron chi connectivity index (χ2n) is 8.71. The molecule has 0 unspecified atom stereocenters. The van der Waals surface area contributed by atoms with Crippen LogP contribution in [0.1, 0.15) is 68.9 Å². The van der Waals surface area contributed by atoms with Gasteiger partial charge in [0, 0.05) is 17.9 Å². The van der Waals surface area contributed by atoms with Crippen molar-refractivity contribution < 1.29 is 14.3 Å². The van der Waals surface area contributed by atoms with Crippen LogP contribution in [0.4, 0.5) is 15.8 Å². The van der Waals surface area contributed by atoms with E-state index in [0.717, 1.165) is 18.5 Å². The minimum Gasteiger partial charge on any atom is -0.478 e. The van der Waals surface area contributed by atoms with E-state index >= 15 is 0 Å². The molecule has 1 N–H and O–H groups in total. The van der Waals surface area contributed by atoms with Crippen molar-refractivity contribution in [1.82, 2.24) is 0 Å². The smallest absolute Gasteiger partial charge is 0.338 e. The minimum atomic E-state index is -1.25. The van der Waals surface area contributed by atoms with Gasteiger partial charge in [-0.05, 0) is 72.1 Å². The lowest BCUT2D eigenvalue weighted by atomic mass is 9.63. The molecule has 1 aliphatic carbocycles. The van der Waals surface area contributed by atoms with E-state index in [0.29, 0.717) is 12.2 Å². The van der Waals surface area contributed by atoms with Crippen LogP contribution in [0.15, 0.2) is 36.4 Å². The summed E-state index contributed by atoms with van der Waals surface area (Å²) in [6.07, 6.45) is 2.29. The second-order valence-corrected chi connectivity index (χ2v) is 8.71. The molecule has 0 aromatic heterocycles. The first-order valence-electron chi connectivity index (χ1n) is 9.52. The van der Waals surface area contributed by atoms with Crippen LogP contribution < -0.4 is 4.90 Å². The number of carbonyl (C=O) groups is 1. The number of aromatic carboxylic acids is 1. The number of fused-ring (bicyclic) bond motifs is 1. The molecule has 4 heteroatoms. The Hall–Kier alpha value is -2.36. The Morgan fingerprint density at radius 3 is 2.11 bits per heavy atom. The summed E-state index contributed by atoms with van der Waals surface area (Å²) in [7, 11) is 0. The summed E-state index contributed by atoms with van der Waals surface area (Å²) in [6.45, 7) is 11.8. The fourth-order valence-electron chi connectivity index (χ4n) is 4.10. The van der Waals surface area contributed by atoms with Gasteiger partial charge in [-0.25, -0.2) is 9.18 Å². The maximum Gasteiger partial charge on any atom is 0.338 e. The van der Waals surface area contributed by atoms with Crippen molar-refractivity contribution in [1.29, 1.82) is 0 Å². The van der Waals surface area contributed by atoms with Crippen LogP contribution in [-0.2, 0) is 10.8 Å². The van der Waals surface area contributed by atoms with Gasteiger partial charge in [-0.3, -0.25) is 0 Å². The Balaban J connectivity index is 2.07. The number of carboxylic acids is 1. The Morgan fingerprint density at radius 1 is 1.00 bits per heavy atom. The van der Waals surface area contributed by atoms with Crippen LogP contribution in [0.5, 0.6) is 0 Å². The molecule has 2 aromatic carbocycles. The summed E-state index contributed by atoms with van der Waals surface area (Å²) in [6, 6.07) is 10.8. The zero-order valence-corrected chi connectivity index (χ0v) is 16.8. The van der Waals surface area contributed by atoms with Crippen molar-refractivity contribution in [2.75, 3.05) is 11.4 Å². The molecule has 0 fully saturated rings. The van der Waals surface area contributed by atoms with Crippen molar-refractivity contribution in [3.05, 3.63) is 58.9 Å². The molecule has 2 aromatic rings. The predicted molar refractivity (Wildman–Crippen MR) is 108 cm³/mol. The molecule has 0 radical (unpaired) electrons. The molecule has 0 aliphatic heterocycles. The Morgan fingerprint density at radius 2 is 1.56 bits per heavy atom. The first-order chi connectivity index (χ1) is 12.6. The number of hydrogen-bond donors (Lipinski definition) is 1. The number of anilines is 2. The summed E-state index contributed by atoms with van der Waals surface area (Å²) in [5, 5.41) is 9.05. The molecule has 1 aliphatic rings. The third-order valence-electron chi connectivity index (χ3n) is 5.96. The van der Waals surface area contributed by atoms with Crippen molar-refractivity contribution in [3.8, 4) is 0 Å². The lowest BCUT2D eigenvalue weighted by molar-refractivity contribution is 0.0692. The van der Waals surface area contributed by atoms with Crippen LogP contribution in [0.25, 0.3) is 0 Å². The van der Waals surface area contributed by atoms with E-state index < -0.39 is 11.8 Å². The lowest BCUT2D eigenvalue weighted by Crippen LogP contribution is -2.34. The molecule has 3 rings (SSSR count). The highest BCUT2D eigenvalue weighted by molar-refractivity contribution is 5.88. The van der Waals surface area contributed by atoms with Gasteiger partial charge < -0.3 is 10.0 Å². The standard InChI is InChI=1S/C23H28FNO2/c1-6-25(16-7-9-17(21(26)27)20(24)14-16)15-8-10-18-19(13-15)23(4,5)12-11-22(18,2)3/h7-10,13-14H,6,11-12H2,1-5H3,(H,26,27). The number of rotatable bonds is 4. The first-order valence-corrected chi connectivity index (χ1v) is 9.52. The molecule has 0 saturated carbocycles. The quantitative estimate of drug-likeness (QED) is 0.715. The molecule has 3 nitrogen and oxygen atoms in total. The van der Waals surface area contributed by atoms with Crippen molar-refractivity contribution in [2.24, 2.45) is 0 Å². The summed E-state index contributed by atoms with van der Waals surface area (Å²) in [4.78, 5) is 13.1. The van der Waals surface area contributed by atoms with Gasteiger partial charge in [-0.2, -0.15) is 0 Å². The summed E-state index contributed by atoms with van der Waals surface area (Å²) in [5.41, 5.74) is 4.33. The highest BCUT2D eigenvalue weighted by Crippen LogP contribution is 2.47. The van der Waals surface area contributed by atoms with E-state index in [4.69, 9.17) is 5.11 Å². The SMILES string of the molecule is CCN(c1ccc(C(=O)O)c(F)c1)c1ccc2c(c1)C(C)(C)CCC2(C)C. The molecular formula is C23H28FNO2. The van der Waals surface area contributed by atoms with Gasteiger partial charge >= 0.3 is 5.97 Å². The van der Waals surface area contributed by atoms with Gasteiger partial charge in [0.1, 0.15) is 5.82 Å². The van der Waals surface area contributed by atoms with E-state index in [2.05, 4.69) is 45.9 Å². The molecule has 0 amide bonds. The van der Waals surface area contributed by atoms with Gasteiger partial charge in [0.05, 0.1) is 5.56 Å². The van der Waals surface area contributed by atoms with Crippen LogP contribution >= 0.6 is 0 Å². The summed E-state index contributed by atoms with van der Waals surface area (Å²) >= 11 is 0. The third-order valence-corrected chi connectivity index (χ3v) is 5.96. The average molecular weight is 369 g/mol. The number of benzene rings is 2. The van der Waals surface area contributed by atoms with E-state index in [9.17, 15) is 9.18 Å². The normalized spacial score (nSPS) is 17.3. The van der Waals surface area contributed by atoms with Gasteiger partial charge in [0.25, 0.3) is 0 Å².